The van der Waals surface area contributed by atoms with Gasteiger partial charge in [0.25, 0.3) is 0 Å². The van der Waals surface area contributed by atoms with Gasteiger partial charge in [0.05, 0.1) is 5.25 Å². The fourth-order valence-electron chi connectivity index (χ4n) is 2.43. The molecule has 1 rings (SSSR count). The molecule has 0 radical (unpaired) electrons. The number of nitrogens with one attached hydrogen (secondary N) is 2. The lowest BCUT2D eigenvalue weighted by Gasteiger charge is -2.24. The third kappa shape index (κ3) is 4.84. The van der Waals surface area contributed by atoms with E-state index in [1.165, 1.54) is 25.7 Å². The number of sulfonamides is 1. The second kappa shape index (κ2) is 7.43. The second-order valence-electron chi connectivity index (χ2n) is 5.23. The molecule has 1 saturated carbocycles. The highest BCUT2D eigenvalue weighted by molar-refractivity contribution is 7.90. The van der Waals surface area contributed by atoms with E-state index >= 15 is 0 Å². The zero-order valence-corrected chi connectivity index (χ0v) is 12.6. The van der Waals surface area contributed by atoms with Crippen molar-refractivity contribution in [2.24, 2.45) is 0 Å². The molecule has 5 nitrogen and oxygen atoms in total. The molecule has 0 heterocycles. The minimum absolute atomic E-state index is 0.390. The van der Waals surface area contributed by atoms with Crippen LogP contribution in [0, 0.1) is 0 Å². The molecular formula is C12H27N3O2S. The van der Waals surface area contributed by atoms with Crippen LogP contribution in [0.5, 0.6) is 0 Å². The van der Waals surface area contributed by atoms with Crippen molar-refractivity contribution < 1.29 is 8.42 Å². The van der Waals surface area contributed by atoms with Gasteiger partial charge in [-0.1, -0.05) is 12.8 Å². The van der Waals surface area contributed by atoms with Crippen LogP contribution in [0.1, 0.15) is 32.6 Å². The Labute approximate surface area is 111 Å². The molecule has 0 aliphatic heterocycles. The van der Waals surface area contributed by atoms with E-state index in [9.17, 15) is 8.42 Å². The minimum Gasteiger partial charge on any atom is -0.318 e. The van der Waals surface area contributed by atoms with Gasteiger partial charge in [-0.3, -0.25) is 0 Å². The molecule has 2 N–H and O–H groups in total. The van der Waals surface area contributed by atoms with Crippen LogP contribution in [0.25, 0.3) is 0 Å². The molecule has 0 aromatic heterocycles. The van der Waals surface area contributed by atoms with Crippen molar-refractivity contribution >= 4 is 10.0 Å². The number of nitrogens with zero attached hydrogens (tertiary/aromatic N) is 1. The maximum atomic E-state index is 11.9. The molecule has 0 aromatic rings. The molecule has 0 spiro atoms. The summed E-state index contributed by atoms with van der Waals surface area (Å²) in [6.45, 7) is 3.49. The normalized spacial score (nSPS) is 19.6. The summed E-state index contributed by atoms with van der Waals surface area (Å²) in [7, 11) is 0.668. The Morgan fingerprint density at radius 3 is 2.50 bits per heavy atom. The molecule has 18 heavy (non-hydrogen) atoms. The van der Waals surface area contributed by atoms with Gasteiger partial charge in [-0.2, -0.15) is 0 Å². The van der Waals surface area contributed by atoms with Gasteiger partial charge in [-0.25, -0.2) is 13.1 Å². The lowest BCUT2D eigenvalue weighted by atomic mass is 10.2. The SMILES string of the molecule is CNCC(C)S(=O)(=O)NCCN(C)C1CCCC1. The summed E-state index contributed by atoms with van der Waals surface area (Å²) in [5, 5.41) is 2.50. The Hall–Kier alpha value is -0.170. The molecule has 1 aliphatic rings. The molecule has 108 valence electrons. The van der Waals surface area contributed by atoms with Crippen molar-refractivity contribution in [2.45, 2.75) is 43.9 Å². The molecule has 1 unspecified atom stereocenters. The van der Waals surface area contributed by atoms with Crippen LogP contribution in [0.2, 0.25) is 0 Å². The van der Waals surface area contributed by atoms with Crippen LogP contribution in [0.3, 0.4) is 0 Å². The summed E-state index contributed by atoms with van der Waals surface area (Å²) < 4.78 is 26.4. The van der Waals surface area contributed by atoms with Crippen LogP contribution >= 0.6 is 0 Å². The maximum absolute atomic E-state index is 11.9. The van der Waals surface area contributed by atoms with Gasteiger partial charge >= 0.3 is 0 Å². The first-order valence-corrected chi connectivity index (χ1v) is 8.35. The van der Waals surface area contributed by atoms with Crippen LogP contribution in [-0.2, 0) is 10.0 Å². The lowest BCUT2D eigenvalue weighted by Crippen LogP contribution is -2.42. The van der Waals surface area contributed by atoms with Gasteiger partial charge in [-0.15, -0.1) is 0 Å². The summed E-state index contributed by atoms with van der Waals surface area (Å²) >= 11 is 0. The predicted molar refractivity (Wildman–Crippen MR) is 75.2 cm³/mol. The van der Waals surface area contributed by atoms with Gasteiger partial charge in [0.2, 0.25) is 10.0 Å². The smallest absolute Gasteiger partial charge is 0.215 e. The molecule has 0 amide bonds. The first-order chi connectivity index (χ1) is 8.47. The number of hydrogen-bond acceptors (Lipinski definition) is 4. The van der Waals surface area contributed by atoms with Gasteiger partial charge in [-0.05, 0) is 33.9 Å². The molecule has 0 saturated heterocycles. The van der Waals surface area contributed by atoms with Crippen molar-refractivity contribution in [2.75, 3.05) is 33.7 Å². The average Bonchev–Trinajstić information content (AvgIpc) is 2.82. The summed E-state index contributed by atoms with van der Waals surface area (Å²) in [6, 6.07) is 0.643. The van der Waals surface area contributed by atoms with E-state index in [1.807, 2.05) is 0 Å². The molecule has 0 aromatic carbocycles. The van der Waals surface area contributed by atoms with Crippen molar-refractivity contribution in [1.82, 2.24) is 14.9 Å². The molecule has 6 heteroatoms. The van der Waals surface area contributed by atoms with Gasteiger partial charge < -0.3 is 10.2 Å². The van der Waals surface area contributed by atoms with Crippen LogP contribution in [-0.4, -0.2) is 58.3 Å². The van der Waals surface area contributed by atoms with E-state index in [-0.39, 0.29) is 5.25 Å². The van der Waals surface area contributed by atoms with Crippen LogP contribution in [0.4, 0.5) is 0 Å². The third-order valence-corrected chi connectivity index (χ3v) is 5.57. The van der Waals surface area contributed by atoms with Gasteiger partial charge in [0.15, 0.2) is 0 Å². The Balaban J connectivity index is 2.27. The zero-order valence-electron chi connectivity index (χ0n) is 11.8. The van der Waals surface area contributed by atoms with Crippen molar-refractivity contribution in [1.29, 1.82) is 0 Å². The monoisotopic (exact) mass is 277 g/mol. The highest BCUT2D eigenvalue weighted by atomic mass is 32.2. The largest absolute Gasteiger partial charge is 0.318 e. The fraction of sp³-hybridized carbons (Fsp3) is 1.00. The highest BCUT2D eigenvalue weighted by Gasteiger charge is 2.21. The van der Waals surface area contributed by atoms with E-state index in [4.69, 9.17) is 0 Å². The van der Waals surface area contributed by atoms with Crippen LogP contribution < -0.4 is 10.0 Å². The second-order valence-corrected chi connectivity index (χ2v) is 7.41. The summed E-state index contributed by atoms with van der Waals surface area (Å²) in [5.74, 6) is 0. The van der Waals surface area contributed by atoms with E-state index in [0.717, 1.165) is 6.54 Å². The summed E-state index contributed by atoms with van der Waals surface area (Å²) in [4.78, 5) is 2.28. The summed E-state index contributed by atoms with van der Waals surface area (Å²) in [5.41, 5.74) is 0. The standard InChI is InChI=1S/C12H27N3O2S/c1-11(10-13-2)18(16,17)14-8-9-15(3)12-6-4-5-7-12/h11-14H,4-10H2,1-3H3. The van der Waals surface area contributed by atoms with Crippen molar-refractivity contribution in [3.05, 3.63) is 0 Å². The first kappa shape index (κ1) is 15.9. The molecule has 0 bridgehead atoms. The molecular weight excluding hydrogens is 250 g/mol. The minimum atomic E-state index is -3.18. The molecule has 1 fully saturated rings. The number of hydrogen-bond donors (Lipinski definition) is 2. The number of likely N-dealkylation sites (N-methyl/N-ethyl adjacent to an activating group) is 1. The van der Waals surface area contributed by atoms with Gasteiger partial charge in [0, 0.05) is 25.7 Å². The van der Waals surface area contributed by atoms with Crippen LogP contribution in [0.15, 0.2) is 0 Å². The van der Waals surface area contributed by atoms with E-state index in [2.05, 4.69) is 22.0 Å². The fourth-order valence-corrected chi connectivity index (χ4v) is 3.48. The van der Waals surface area contributed by atoms with E-state index in [0.29, 0.717) is 19.1 Å². The third-order valence-electron chi connectivity index (χ3n) is 3.74. The predicted octanol–water partition coefficient (Wildman–Crippen LogP) is 0.388. The average molecular weight is 277 g/mol. The van der Waals surface area contributed by atoms with E-state index in [1.54, 1.807) is 14.0 Å². The lowest BCUT2D eigenvalue weighted by molar-refractivity contribution is 0.250. The quantitative estimate of drug-likeness (QED) is 0.674. The van der Waals surface area contributed by atoms with Crippen molar-refractivity contribution in [3.63, 3.8) is 0 Å². The summed E-state index contributed by atoms with van der Waals surface area (Å²) in [6.07, 6.45) is 5.11. The van der Waals surface area contributed by atoms with Gasteiger partial charge in [0.1, 0.15) is 0 Å². The Morgan fingerprint density at radius 1 is 1.33 bits per heavy atom. The highest BCUT2D eigenvalue weighted by Crippen LogP contribution is 2.21. The maximum Gasteiger partial charge on any atom is 0.215 e. The van der Waals surface area contributed by atoms with E-state index < -0.39 is 10.0 Å². The van der Waals surface area contributed by atoms with Crippen molar-refractivity contribution in [3.8, 4) is 0 Å². The number of rotatable bonds is 8. The first-order valence-electron chi connectivity index (χ1n) is 6.80. The molecule has 1 atom stereocenters. The Morgan fingerprint density at radius 2 is 1.94 bits per heavy atom. The zero-order chi connectivity index (χ0) is 13.6. The Kier molecular flexibility index (Phi) is 6.55. The topological polar surface area (TPSA) is 61.4 Å². The molecule has 1 aliphatic carbocycles. The Bertz CT molecular complexity index is 326.